The number of aromatic nitrogens is 1. The van der Waals surface area contributed by atoms with Gasteiger partial charge in [-0.3, -0.25) is 4.79 Å². The van der Waals surface area contributed by atoms with Gasteiger partial charge in [0.05, 0.1) is 0 Å². The summed E-state index contributed by atoms with van der Waals surface area (Å²) in [5.41, 5.74) is 7.57. The Balaban J connectivity index is 2.20. The van der Waals surface area contributed by atoms with E-state index in [1.165, 1.54) is 0 Å². The maximum absolute atomic E-state index is 12.0. The third kappa shape index (κ3) is 2.85. The first kappa shape index (κ1) is 16.3. The Morgan fingerprint density at radius 1 is 0.920 bits per heavy atom. The van der Waals surface area contributed by atoms with Gasteiger partial charge in [0.2, 0.25) is 0 Å². The minimum atomic E-state index is -0.621. The van der Waals surface area contributed by atoms with Gasteiger partial charge in [0, 0.05) is 16.1 Å². The number of nitrogens with one attached hydrogen (secondary N) is 1. The third-order valence-corrected chi connectivity index (χ3v) is 4.16. The van der Waals surface area contributed by atoms with Crippen LogP contribution >= 0.6 is 11.6 Å². The number of nitriles is 2. The van der Waals surface area contributed by atoms with Gasteiger partial charge in [-0.1, -0.05) is 54.1 Å². The summed E-state index contributed by atoms with van der Waals surface area (Å²) in [5.74, 6) is -0.0586. The van der Waals surface area contributed by atoms with E-state index in [0.717, 1.165) is 11.1 Å². The van der Waals surface area contributed by atoms with Crippen molar-refractivity contribution in [2.24, 2.45) is 0 Å². The topological polar surface area (TPSA) is 106 Å². The second kappa shape index (κ2) is 6.52. The molecular weight excluding hydrogens is 336 g/mol. The number of nitrogens with zero attached hydrogens (tertiary/aromatic N) is 2. The van der Waals surface area contributed by atoms with Crippen molar-refractivity contribution in [3.63, 3.8) is 0 Å². The van der Waals surface area contributed by atoms with Crippen molar-refractivity contribution in [1.82, 2.24) is 4.98 Å². The highest BCUT2D eigenvalue weighted by atomic mass is 35.5. The molecule has 3 N–H and O–H groups in total. The van der Waals surface area contributed by atoms with Crippen molar-refractivity contribution in [3.8, 4) is 34.4 Å². The minimum absolute atomic E-state index is 0.0586. The van der Waals surface area contributed by atoms with E-state index in [0.29, 0.717) is 10.6 Å². The highest BCUT2D eigenvalue weighted by Gasteiger charge is 2.18. The molecule has 120 valence electrons. The van der Waals surface area contributed by atoms with Crippen LogP contribution in [0.5, 0.6) is 0 Å². The van der Waals surface area contributed by atoms with Gasteiger partial charge in [0.1, 0.15) is 29.1 Å². The summed E-state index contributed by atoms with van der Waals surface area (Å²) in [6, 6.07) is 18.3. The van der Waals surface area contributed by atoms with E-state index < -0.39 is 5.56 Å². The zero-order valence-electron chi connectivity index (χ0n) is 12.9. The molecule has 0 amide bonds. The second-order valence-electron chi connectivity index (χ2n) is 5.27. The first-order valence-electron chi connectivity index (χ1n) is 7.28. The SMILES string of the molecule is N#Cc1c(N)[nH]c(=O)c(C#N)c1-c1ccc(-c2ccccc2Cl)cc1. The Kier molecular flexibility index (Phi) is 4.26. The van der Waals surface area contributed by atoms with Crippen LogP contribution in [-0.2, 0) is 0 Å². The molecule has 1 heterocycles. The number of benzene rings is 2. The zero-order chi connectivity index (χ0) is 18.0. The molecule has 5 nitrogen and oxygen atoms in total. The van der Waals surface area contributed by atoms with Crippen molar-refractivity contribution in [1.29, 1.82) is 10.5 Å². The number of hydrogen-bond donors (Lipinski definition) is 2. The Labute approximate surface area is 148 Å². The van der Waals surface area contributed by atoms with E-state index in [9.17, 15) is 15.3 Å². The number of nitrogen functional groups attached to an aromatic ring is 1. The lowest BCUT2D eigenvalue weighted by Gasteiger charge is -2.10. The number of halogens is 1. The van der Waals surface area contributed by atoms with E-state index in [1.54, 1.807) is 18.2 Å². The fourth-order valence-electron chi connectivity index (χ4n) is 2.64. The van der Waals surface area contributed by atoms with Gasteiger partial charge in [-0.25, -0.2) is 0 Å². The standard InChI is InChI=1S/C19H11ClN4O/c20-16-4-2-1-3-13(16)11-5-7-12(8-6-11)17-14(9-21)18(23)24-19(25)15(17)10-22/h1-8H,(H3,23,24,25). The van der Waals surface area contributed by atoms with Gasteiger partial charge >= 0.3 is 0 Å². The summed E-state index contributed by atoms with van der Waals surface area (Å²) >= 11 is 6.20. The number of anilines is 1. The predicted octanol–water partition coefficient (Wildman–Crippen LogP) is 3.69. The Bertz CT molecular complexity index is 1100. The predicted molar refractivity (Wildman–Crippen MR) is 96.8 cm³/mol. The number of hydrogen-bond acceptors (Lipinski definition) is 4. The molecule has 0 spiro atoms. The summed E-state index contributed by atoms with van der Waals surface area (Å²) in [5, 5.41) is 19.3. The van der Waals surface area contributed by atoms with Crippen molar-refractivity contribution in [2.45, 2.75) is 0 Å². The fraction of sp³-hybridized carbons (Fsp3) is 0. The molecule has 6 heteroatoms. The molecule has 0 aliphatic carbocycles. The average Bonchev–Trinajstić information content (AvgIpc) is 2.62. The first-order valence-corrected chi connectivity index (χ1v) is 7.66. The van der Waals surface area contributed by atoms with Crippen molar-refractivity contribution in [2.75, 3.05) is 5.73 Å². The Morgan fingerprint density at radius 2 is 1.52 bits per heavy atom. The molecule has 0 atom stereocenters. The molecule has 2 aromatic carbocycles. The molecule has 0 saturated carbocycles. The van der Waals surface area contributed by atoms with Crippen LogP contribution in [0.3, 0.4) is 0 Å². The van der Waals surface area contributed by atoms with Gasteiger partial charge in [-0.15, -0.1) is 0 Å². The van der Waals surface area contributed by atoms with Crippen LogP contribution in [0.1, 0.15) is 11.1 Å². The van der Waals surface area contributed by atoms with E-state index in [4.69, 9.17) is 17.3 Å². The molecule has 3 rings (SSSR count). The molecule has 0 aliphatic rings. The van der Waals surface area contributed by atoms with E-state index in [1.807, 2.05) is 42.5 Å². The number of nitrogens with two attached hydrogens (primary N) is 1. The van der Waals surface area contributed by atoms with Crippen LogP contribution in [0, 0.1) is 22.7 Å². The van der Waals surface area contributed by atoms with Gasteiger partial charge in [0.15, 0.2) is 0 Å². The number of rotatable bonds is 2. The largest absolute Gasteiger partial charge is 0.384 e. The van der Waals surface area contributed by atoms with Gasteiger partial charge in [-0.2, -0.15) is 10.5 Å². The second-order valence-corrected chi connectivity index (χ2v) is 5.68. The van der Waals surface area contributed by atoms with E-state index in [-0.39, 0.29) is 22.5 Å². The van der Waals surface area contributed by atoms with Crippen LogP contribution in [0.15, 0.2) is 53.3 Å². The van der Waals surface area contributed by atoms with Crippen molar-refractivity contribution >= 4 is 17.4 Å². The van der Waals surface area contributed by atoms with Crippen LogP contribution in [0.25, 0.3) is 22.3 Å². The molecule has 0 unspecified atom stereocenters. The lowest BCUT2D eigenvalue weighted by atomic mass is 9.95. The molecule has 0 radical (unpaired) electrons. The number of aromatic amines is 1. The van der Waals surface area contributed by atoms with Crippen LogP contribution in [-0.4, -0.2) is 4.98 Å². The summed E-state index contributed by atoms with van der Waals surface area (Å²) < 4.78 is 0. The average molecular weight is 347 g/mol. The molecule has 0 fully saturated rings. The third-order valence-electron chi connectivity index (χ3n) is 3.83. The minimum Gasteiger partial charge on any atom is -0.384 e. The lowest BCUT2D eigenvalue weighted by Crippen LogP contribution is -2.16. The quantitative estimate of drug-likeness (QED) is 0.737. The summed E-state index contributed by atoms with van der Waals surface area (Å²) in [6.07, 6.45) is 0. The van der Waals surface area contributed by atoms with Crippen molar-refractivity contribution in [3.05, 3.63) is 75.0 Å². The number of pyridine rings is 1. The van der Waals surface area contributed by atoms with Gasteiger partial charge in [0.25, 0.3) is 5.56 Å². The van der Waals surface area contributed by atoms with E-state index >= 15 is 0 Å². The summed E-state index contributed by atoms with van der Waals surface area (Å²) in [4.78, 5) is 14.3. The fourth-order valence-corrected chi connectivity index (χ4v) is 2.89. The van der Waals surface area contributed by atoms with Crippen LogP contribution < -0.4 is 11.3 Å². The van der Waals surface area contributed by atoms with Gasteiger partial charge in [-0.05, 0) is 17.2 Å². The lowest BCUT2D eigenvalue weighted by molar-refractivity contribution is 1.21. The van der Waals surface area contributed by atoms with Gasteiger partial charge < -0.3 is 10.7 Å². The Hall–Kier alpha value is -3.54. The van der Waals surface area contributed by atoms with E-state index in [2.05, 4.69) is 4.98 Å². The highest BCUT2D eigenvalue weighted by Crippen LogP contribution is 2.32. The smallest absolute Gasteiger partial charge is 0.268 e. The maximum Gasteiger partial charge on any atom is 0.268 e. The molecule has 0 saturated heterocycles. The molecule has 1 aromatic heterocycles. The monoisotopic (exact) mass is 346 g/mol. The highest BCUT2D eigenvalue weighted by molar-refractivity contribution is 6.33. The molecule has 25 heavy (non-hydrogen) atoms. The van der Waals surface area contributed by atoms with Crippen LogP contribution in [0.4, 0.5) is 5.82 Å². The molecule has 3 aromatic rings. The molecule has 0 bridgehead atoms. The normalized spacial score (nSPS) is 10.0. The molecule has 0 aliphatic heterocycles. The summed E-state index contributed by atoms with van der Waals surface area (Å²) in [6.45, 7) is 0. The maximum atomic E-state index is 12.0. The number of H-pyrrole nitrogens is 1. The molecular formula is C19H11ClN4O. The zero-order valence-corrected chi connectivity index (χ0v) is 13.6. The van der Waals surface area contributed by atoms with Crippen LogP contribution in [0.2, 0.25) is 5.02 Å². The van der Waals surface area contributed by atoms with Crippen molar-refractivity contribution < 1.29 is 0 Å². The Morgan fingerprint density at radius 3 is 2.12 bits per heavy atom. The first-order chi connectivity index (χ1) is 12.1. The summed E-state index contributed by atoms with van der Waals surface area (Å²) in [7, 11) is 0.